The number of amides is 1. The second-order valence-electron chi connectivity index (χ2n) is 6.90. The lowest BCUT2D eigenvalue weighted by Crippen LogP contribution is -2.31. The third-order valence-electron chi connectivity index (χ3n) is 4.37. The van der Waals surface area contributed by atoms with E-state index in [0.717, 1.165) is 11.1 Å². The van der Waals surface area contributed by atoms with Gasteiger partial charge in [0.25, 0.3) is 0 Å². The van der Waals surface area contributed by atoms with Crippen LogP contribution in [0.15, 0.2) is 71.1 Å². The van der Waals surface area contributed by atoms with Crippen LogP contribution in [0.2, 0.25) is 0 Å². The molecule has 0 aliphatic heterocycles. The molecule has 6 heteroatoms. The Morgan fingerprint density at radius 2 is 1.86 bits per heavy atom. The number of aliphatic hydroxyl groups is 1. The zero-order chi connectivity index (χ0) is 22.1. The predicted octanol–water partition coefficient (Wildman–Crippen LogP) is 3.98. The van der Waals surface area contributed by atoms with Crippen molar-refractivity contribution in [2.24, 2.45) is 5.73 Å². The highest BCUT2D eigenvalue weighted by Crippen LogP contribution is 2.20. The molecule has 0 aromatic heterocycles. The number of ether oxygens (including phenoxy) is 1. The second-order valence-corrected chi connectivity index (χ2v) is 6.90. The fourth-order valence-corrected chi connectivity index (χ4v) is 2.56. The number of nitrogens with one attached hydrogen (secondary N) is 1. The van der Waals surface area contributed by atoms with E-state index in [1.165, 1.54) is 6.92 Å². The molecular weight excluding hydrogens is 368 g/mol. The molecule has 0 fully saturated rings. The minimum Gasteiger partial charge on any atom is -0.441 e. The Morgan fingerprint density at radius 3 is 2.38 bits per heavy atom. The smallest absolute Gasteiger partial charge is 0.412 e. The van der Waals surface area contributed by atoms with E-state index < -0.39 is 18.0 Å². The molecule has 6 nitrogen and oxygen atoms in total. The van der Waals surface area contributed by atoms with E-state index in [-0.39, 0.29) is 18.0 Å². The largest absolute Gasteiger partial charge is 0.441 e. The van der Waals surface area contributed by atoms with E-state index in [4.69, 9.17) is 10.5 Å². The summed E-state index contributed by atoms with van der Waals surface area (Å²) in [6.07, 6.45) is 1.90. The highest BCUT2D eigenvalue weighted by Gasteiger charge is 2.20. The molecule has 0 radical (unpaired) electrons. The van der Waals surface area contributed by atoms with Crippen molar-refractivity contribution in [3.63, 3.8) is 0 Å². The molecular formula is C23H30N2O4. The van der Waals surface area contributed by atoms with Gasteiger partial charge in [-0.3, -0.25) is 10.1 Å². The summed E-state index contributed by atoms with van der Waals surface area (Å²) < 4.78 is 5.41. The molecule has 0 heterocycles. The normalized spacial score (nSPS) is 14.0. The summed E-state index contributed by atoms with van der Waals surface area (Å²) in [6.45, 7) is 12.1. The van der Waals surface area contributed by atoms with Gasteiger partial charge < -0.3 is 15.6 Å². The summed E-state index contributed by atoms with van der Waals surface area (Å²) in [5, 5.41) is 11.8. The molecule has 0 spiro atoms. The van der Waals surface area contributed by atoms with Crippen molar-refractivity contribution in [2.75, 3.05) is 6.61 Å². The number of benzene rings is 1. The molecule has 1 atom stereocenters. The Hall–Kier alpha value is -3.12. The van der Waals surface area contributed by atoms with E-state index in [1.807, 2.05) is 31.2 Å². The quantitative estimate of drug-likeness (QED) is 0.454. The zero-order valence-corrected chi connectivity index (χ0v) is 17.7. The fraction of sp³-hybridized carbons (Fsp3) is 0.304. The summed E-state index contributed by atoms with van der Waals surface area (Å²) in [7, 11) is 0. The van der Waals surface area contributed by atoms with Crippen LogP contribution in [0, 0.1) is 6.92 Å². The molecule has 1 aromatic carbocycles. The summed E-state index contributed by atoms with van der Waals surface area (Å²) in [4.78, 5) is 25.0. The average Bonchev–Trinajstić information content (AvgIpc) is 2.65. The van der Waals surface area contributed by atoms with Gasteiger partial charge in [-0.05, 0) is 56.9 Å². The second kappa shape index (κ2) is 11.0. The van der Waals surface area contributed by atoms with Gasteiger partial charge in [0, 0.05) is 5.70 Å². The van der Waals surface area contributed by atoms with Gasteiger partial charge in [-0.15, -0.1) is 0 Å². The minimum atomic E-state index is -0.768. The number of aryl methyl sites for hydroxylation is 1. The molecule has 29 heavy (non-hydrogen) atoms. The maximum atomic E-state index is 12.7. The van der Waals surface area contributed by atoms with Crippen LogP contribution in [0.1, 0.15) is 44.9 Å². The summed E-state index contributed by atoms with van der Waals surface area (Å²) in [5.74, 6) is -0.444. The van der Waals surface area contributed by atoms with Gasteiger partial charge in [0.05, 0.1) is 6.61 Å². The van der Waals surface area contributed by atoms with E-state index >= 15 is 0 Å². The molecule has 156 valence electrons. The Balaban J connectivity index is 2.94. The van der Waals surface area contributed by atoms with Crippen LogP contribution in [0.3, 0.4) is 0 Å². The first-order valence-electron chi connectivity index (χ1n) is 9.26. The first kappa shape index (κ1) is 23.9. The zero-order valence-electron chi connectivity index (χ0n) is 17.7. The van der Waals surface area contributed by atoms with Crippen molar-refractivity contribution in [1.29, 1.82) is 0 Å². The van der Waals surface area contributed by atoms with Gasteiger partial charge >= 0.3 is 6.09 Å². The molecule has 1 unspecified atom stereocenters. The molecule has 0 aliphatic rings. The van der Waals surface area contributed by atoms with Crippen molar-refractivity contribution in [3.05, 3.63) is 82.2 Å². The predicted molar refractivity (Wildman–Crippen MR) is 115 cm³/mol. The maximum Gasteiger partial charge on any atom is 0.412 e. The summed E-state index contributed by atoms with van der Waals surface area (Å²) >= 11 is 0. The van der Waals surface area contributed by atoms with E-state index in [0.29, 0.717) is 16.7 Å². The molecule has 4 N–H and O–H groups in total. The van der Waals surface area contributed by atoms with E-state index in [2.05, 4.69) is 11.9 Å². The number of hydrogen-bond donors (Lipinski definition) is 3. The van der Waals surface area contributed by atoms with Gasteiger partial charge in [0.2, 0.25) is 5.78 Å². The molecule has 0 saturated heterocycles. The molecule has 0 saturated carbocycles. The van der Waals surface area contributed by atoms with Crippen molar-refractivity contribution in [1.82, 2.24) is 5.32 Å². The van der Waals surface area contributed by atoms with Crippen LogP contribution >= 0.6 is 0 Å². The Bertz CT molecular complexity index is 875. The standard InChI is InChI=1S/C23H30N2O4/c1-14(2)19(13-26)12-11-16(4)22(27)21(17(5)24)25-23(28)29-18(6)20-10-8-7-9-15(20)3/h7-12,18,26H,1,13,24H2,2-6H3,(H,25,28)/b16-11+,19-12-,21-17+. The molecule has 1 rings (SSSR count). The lowest BCUT2D eigenvalue weighted by Gasteiger charge is -2.17. The number of carbonyl (C=O) groups excluding carboxylic acids is 2. The average molecular weight is 399 g/mol. The van der Waals surface area contributed by atoms with Crippen LogP contribution in [-0.2, 0) is 9.53 Å². The highest BCUT2D eigenvalue weighted by molar-refractivity contribution is 6.09. The van der Waals surface area contributed by atoms with Crippen LogP contribution in [0.4, 0.5) is 4.79 Å². The number of alkyl carbamates (subject to hydrolysis) is 1. The highest BCUT2D eigenvalue weighted by atomic mass is 16.6. The molecule has 0 aliphatic carbocycles. The number of aliphatic hydroxyl groups excluding tert-OH is 1. The molecule has 0 bridgehead atoms. The SMILES string of the molecule is C=C(C)/C(=C\C=C(/C)C(=O)/C(NC(=O)OC(C)c1ccccc1C)=C(/C)N)CO. The van der Waals surface area contributed by atoms with Crippen molar-refractivity contribution < 1.29 is 19.4 Å². The minimum absolute atomic E-state index is 0.0463. The van der Waals surface area contributed by atoms with Gasteiger partial charge in [-0.1, -0.05) is 48.6 Å². The fourth-order valence-electron chi connectivity index (χ4n) is 2.56. The first-order chi connectivity index (χ1) is 13.6. The first-order valence-corrected chi connectivity index (χ1v) is 9.26. The third-order valence-corrected chi connectivity index (χ3v) is 4.37. The maximum absolute atomic E-state index is 12.7. The number of hydrogen-bond acceptors (Lipinski definition) is 5. The summed E-state index contributed by atoms with van der Waals surface area (Å²) in [5.41, 5.74) is 9.44. The number of ketones is 1. The topological polar surface area (TPSA) is 102 Å². The van der Waals surface area contributed by atoms with Crippen molar-refractivity contribution >= 4 is 11.9 Å². The van der Waals surface area contributed by atoms with Crippen molar-refractivity contribution in [2.45, 2.75) is 40.7 Å². The number of rotatable bonds is 8. The van der Waals surface area contributed by atoms with Gasteiger partial charge in [0.1, 0.15) is 11.8 Å². The lowest BCUT2D eigenvalue weighted by molar-refractivity contribution is -0.112. The van der Waals surface area contributed by atoms with Crippen LogP contribution < -0.4 is 11.1 Å². The Kier molecular flexibility index (Phi) is 9.09. The Morgan fingerprint density at radius 1 is 1.24 bits per heavy atom. The van der Waals surface area contributed by atoms with Crippen LogP contribution in [-0.4, -0.2) is 23.6 Å². The lowest BCUT2D eigenvalue weighted by atomic mass is 10.0. The number of allylic oxidation sites excluding steroid dienone is 4. The van der Waals surface area contributed by atoms with Gasteiger partial charge in [-0.25, -0.2) is 4.79 Å². The monoisotopic (exact) mass is 398 g/mol. The molecule has 1 amide bonds. The van der Waals surface area contributed by atoms with Crippen LogP contribution in [0.25, 0.3) is 0 Å². The number of nitrogens with two attached hydrogens (primary N) is 1. The van der Waals surface area contributed by atoms with Crippen molar-refractivity contribution in [3.8, 4) is 0 Å². The van der Waals surface area contributed by atoms with Gasteiger partial charge in [-0.2, -0.15) is 0 Å². The van der Waals surface area contributed by atoms with E-state index in [1.54, 1.807) is 32.9 Å². The molecule has 1 aromatic rings. The third kappa shape index (κ3) is 7.08. The summed E-state index contributed by atoms with van der Waals surface area (Å²) in [6, 6.07) is 7.58. The van der Waals surface area contributed by atoms with Crippen LogP contribution in [0.5, 0.6) is 0 Å². The van der Waals surface area contributed by atoms with E-state index in [9.17, 15) is 14.7 Å². The number of carbonyl (C=O) groups is 2. The number of Topliss-reactive ketones (excluding diaryl/α,β-unsaturated/α-hetero) is 1. The van der Waals surface area contributed by atoms with Gasteiger partial charge in [0.15, 0.2) is 0 Å². The Labute approximate surface area is 172 Å².